The lowest BCUT2D eigenvalue weighted by molar-refractivity contribution is 0.229. The number of piperazine rings is 1. The molecule has 2 aromatic heterocycles. The topological polar surface area (TPSA) is 64.8 Å². The molecule has 38 heavy (non-hydrogen) atoms. The molecular formula is C29H36ClN7O. The van der Waals surface area contributed by atoms with Crippen LogP contribution in [-0.4, -0.2) is 85.3 Å². The third-order valence-electron chi connectivity index (χ3n) is 7.17. The Morgan fingerprint density at radius 3 is 2.45 bits per heavy atom. The number of anilines is 2. The van der Waals surface area contributed by atoms with Crippen LogP contribution in [0.3, 0.4) is 0 Å². The van der Waals surface area contributed by atoms with Gasteiger partial charge in [-0.3, -0.25) is 4.90 Å². The van der Waals surface area contributed by atoms with Gasteiger partial charge in [0.2, 0.25) is 5.95 Å². The molecule has 8 nitrogen and oxygen atoms in total. The largest absolute Gasteiger partial charge is 0.361 e. The zero-order valence-corrected chi connectivity index (χ0v) is 23.7. The molecule has 0 atom stereocenters. The number of fused-ring (bicyclic) bond motifs is 1. The lowest BCUT2D eigenvalue weighted by Gasteiger charge is -2.35. The van der Waals surface area contributed by atoms with Crippen molar-refractivity contribution < 1.29 is 4.52 Å². The Labute approximate surface area is 229 Å². The highest BCUT2D eigenvalue weighted by atomic mass is 35.5. The Bertz CT molecular complexity index is 1390. The first-order valence-corrected chi connectivity index (χ1v) is 13.5. The molecule has 0 unspecified atom stereocenters. The first-order chi connectivity index (χ1) is 18.3. The average molecular weight is 534 g/mol. The minimum Gasteiger partial charge on any atom is -0.361 e. The third kappa shape index (κ3) is 5.77. The van der Waals surface area contributed by atoms with Crippen LogP contribution in [0, 0.1) is 13.8 Å². The molecule has 0 amide bonds. The lowest BCUT2D eigenvalue weighted by Crippen LogP contribution is -2.48. The quantitative estimate of drug-likeness (QED) is 0.318. The molecule has 0 aliphatic carbocycles. The van der Waals surface area contributed by atoms with Crippen LogP contribution >= 0.6 is 11.6 Å². The zero-order valence-electron chi connectivity index (χ0n) is 22.9. The molecule has 4 aromatic rings. The van der Waals surface area contributed by atoms with Crippen molar-refractivity contribution in [2.45, 2.75) is 20.4 Å². The van der Waals surface area contributed by atoms with E-state index >= 15 is 0 Å². The molecule has 2 aromatic carbocycles. The summed E-state index contributed by atoms with van der Waals surface area (Å²) >= 11 is 6.28. The Morgan fingerprint density at radius 1 is 0.974 bits per heavy atom. The van der Waals surface area contributed by atoms with Crippen molar-refractivity contribution in [3.05, 3.63) is 64.5 Å². The maximum atomic E-state index is 6.28. The molecule has 1 fully saturated rings. The van der Waals surface area contributed by atoms with Gasteiger partial charge in [-0.2, -0.15) is 4.98 Å². The van der Waals surface area contributed by atoms with Crippen molar-refractivity contribution in [2.75, 3.05) is 70.2 Å². The van der Waals surface area contributed by atoms with Crippen molar-refractivity contribution >= 4 is 34.3 Å². The van der Waals surface area contributed by atoms with Crippen molar-refractivity contribution in [3.63, 3.8) is 0 Å². The third-order valence-corrected chi connectivity index (χ3v) is 7.41. The van der Waals surface area contributed by atoms with E-state index in [1.54, 1.807) is 0 Å². The van der Waals surface area contributed by atoms with Crippen LogP contribution in [0.15, 0.2) is 47.0 Å². The summed E-state index contributed by atoms with van der Waals surface area (Å²) < 4.78 is 5.45. The van der Waals surface area contributed by atoms with E-state index in [0.29, 0.717) is 6.54 Å². The monoisotopic (exact) mass is 533 g/mol. The van der Waals surface area contributed by atoms with Crippen LogP contribution in [0.4, 0.5) is 11.8 Å². The lowest BCUT2D eigenvalue weighted by atomic mass is 10.0. The summed E-state index contributed by atoms with van der Waals surface area (Å²) in [6.07, 6.45) is 0. The van der Waals surface area contributed by atoms with Crippen LogP contribution in [0.25, 0.3) is 22.0 Å². The summed E-state index contributed by atoms with van der Waals surface area (Å²) in [5, 5.41) is 5.89. The summed E-state index contributed by atoms with van der Waals surface area (Å²) in [4.78, 5) is 19.4. The van der Waals surface area contributed by atoms with Gasteiger partial charge in [-0.15, -0.1) is 0 Å². The maximum Gasteiger partial charge on any atom is 0.227 e. The normalized spacial score (nSPS) is 14.6. The number of likely N-dealkylation sites (N-methyl/N-ethyl adjacent to an activating group) is 1. The van der Waals surface area contributed by atoms with Gasteiger partial charge in [0.05, 0.1) is 11.2 Å². The van der Waals surface area contributed by atoms with E-state index in [-0.39, 0.29) is 0 Å². The second-order valence-corrected chi connectivity index (χ2v) is 10.8. The van der Waals surface area contributed by atoms with Crippen LogP contribution in [-0.2, 0) is 6.54 Å². The van der Waals surface area contributed by atoms with Crippen LogP contribution in [0.1, 0.15) is 17.0 Å². The molecule has 0 bridgehead atoms. The van der Waals surface area contributed by atoms with E-state index < -0.39 is 0 Å². The van der Waals surface area contributed by atoms with Gasteiger partial charge >= 0.3 is 0 Å². The van der Waals surface area contributed by atoms with Crippen molar-refractivity contribution in [1.29, 1.82) is 0 Å². The van der Waals surface area contributed by atoms with E-state index in [4.69, 9.17) is 26.1 Å². The fraction of sp³-hybridized carbons (Fsp3) is 0.414. The second kappa shape index (κ2) is 11.3. The summed E-state index contributed by atoms with van der Waals surface area (Å²) in [7, 11) is 6.32. The predicted molar refractivity (Wildman–Crippen MR) is 155 cm³/mol. The van der Waals surface area contributed by atoms with Gasteiger partial charge in [-0.05, 0) is 63.3 Å². The Morgan fingerprint density at radius 2 is 1.76 bits per heavy atom. The Kier molecular flexibility index (Phi) is 7.83. The molecule has 200 valence electrons. The van der Waals surface area contributed by atoms with Gasteiger partial charge in [0.15, 0.2) is 0 Å². The SMILES string of the molecule is Cc1noc(C)c1-c1ccc2nc(N3CCN(CCN(C)C)CC3)nc(N(C)Cc3cccc(Cl)c3)c2c1. The highest BCUT2D eigenvalue weighted by molar-refractivity contribution is 6.30. The highest BCUT2D eigenvalue weighted by Crippen LogP contribution is 2.34. The Hall–Kier alpha value is -3.20. The van der Waals surface area contributed by atoms with Crippen molar-refractivity contribution in [2.24, 2.45) is 0 Å². The maximum absolute atomic E-state index is 6.28. The molecule has 0 saturated carbocycles. The number of nitrogens with zero attached hydrogens (tertiary/aromatic N) is 7. The molecule has 0 N–H and O–H groups in total. The molecule has 1 aliphatic rings. The molecule has 0 spiro atoms. The molecular weight excluding hydrogens is 498 g/mol. The fourth-order valence-corrected chi connectivity index (χ4v) is 5.29. The van der Waals surface area contributed by atoms with Crippen LogP contribution < -0.4 is 9.80 Å². The van der Waals surface area contributed by atoms with Gasteiger partial charge in [-0.25, -0.2) is 4.98 Å². The molecule has 5 rings (SSSR count). The van der Waals surface area contributed by atoms with Crippen LogP contribution in [0.5, 0.6) is 0 Å². The van der Waals surface area contributed by atoms with Gasteiger partial charge in [0, 0.05) is 68.8 Å². The average Bonchev–Trinajstić information content (AvgIpc) is 3.24. The number of aromatic nitrogens is 3. The van der Waals surface area contributed by atoms with Gasteiger partial charge in [0.1, 0.15) is 11.6 Å². The summed E-state index contributed by atoms with van der Waals surface area (Å²) in [5.74, 6) is 2.48. The van der Waals surface area contributed by atoms with Crippen molar-refractivity contribution in [3.8, 4) is 11.1 Å². The van der Waals surface area contributed by atoms with Gasteiger partial charge < -0.3 is 19.2 Å². The summed E-state index contributed by atoms with van der Waals surface area (Å²) in [5.41, 5.74) is 5.00. The van der Waals surface area contributed by atoms with E-state index in [2.05, 4.69) is 70.2 Å². The number of aryl methyl sites for hydroxylation is 2. The highest BCUT2D eigenvalue weighted by Gasteiger charge is 2.22. The van der Waals surface area contributed by atoms with Gasteiger partial charge in [-0.1, -0.05) is 35.0 Å². The standard InChI is InChI=1S/C29H36ClN7O/c1-20-27(21(2)38-33-20)23-9-10-26-25(18-23)28(35(5)19-22-7-6-8-24(30)17-22)32-29(31-26)37-15-13-36(14-16-37)12-11-34(3)4/h6-10,17-18H,11-16,19H2,1-5H3. The van der Waals surface area contributed by atoms with Crippen LogP contribution in [0.2, 0.25) is 5.02 Å². The number of benzene rings is 2. The minimum atomic E-state index is 0.681. The van der Waals surface area contributed by atoms with E-state index in [9.17, 15) is 0 Å². The van der Waals surface area contributed by atoms with Crippen molar-refractivity contribution in [1.82, 2.24) is 24.9 Å². The minimum absolute atomic E-state index is 0.681. The smallest absolute Gasteiger partial charge is 0.227 e. The first kappa shape index (κ1) is 26.4. The molecule has 1 saturated heterocycles. The number of hydrogen-bond acceptors (Lipinski definition) is 8. The number of hydrogen-bond donors (Lipinski definition) is 0. The van der Waals surface area contributed by atoms with E-state index in [0.717, 1.165) is 95.1 Å². The van der Waals surface area contributed by atoms with E-state index in [1.807, 2.05) is 32.0 Å². The molecule has 0 radical (unpaired) electrons. The fourth-order valence-electron chi connectivity index (χ4n) is 5.08. The van der Waals surface area contributed by atoms with Gasteiger partial charge in [0.25, 0.3) is 0 Å². The number of rotatable bonds is 8. The zero-order chi connectivity index (χ0) is 26.8. The second-order valence-electron chi connectivity index (χ2n) is 10.4. The van der Waals surface area contributed by atoms with E-state index in [1.165, 1.54) is 0 Å². The Balaban J connectivity index is 1.50. The molecule has 3 heterocycles. The summed E-state index contributed by atoms with van der Waals surface area (Å²) in [6, 6.07) is 14.3. The molecule has 9 heteroatoms. The predicted octanol–water partition coefficient (Wildman–Crippen LogP) is 4.88. The molecule has 1 aliphatic heterocycles. The first-order valence-electron chi connectivity index (χ1n) is 13.1. The number of halogens is 1. The summed E-state index contributed by atoms with van der Waals surface area (Å²) in [6.45, 7) is 10.6.